The molecule has 2 saturated carbocycles. The van der Waals surface area contributed by atoms with Gasteiger partial charge in [-0.05, 0) is 32.6 Å². The SMILES string of the molecule is Cc1ccc(-c2nnc(N(C(=O)C3CC3)C3CCCC3)s2)cc1. The van der Waals surface area contributed by atoms with Gasteiger partial charge in [-0.1, -0.05) is 54.0 Å². The van der Waals surface area contributed by atoms with Crippen molar-refractivity contribution in [3.05, 3.63) is 29.8 Å². The zero-order valence-electron chi connectivity index (χ0n) is 13.4. The van der Waals surface area contributed by atoms with E-state index in [-0.39, 0.29) is 11.8 Å². The van der Waals surface area contributed by atoms with Gasteiger partial charge in [0.25, 0.3) is 0 Å². The predicted molar refractivity (Wildman–Crippen MR) is 92.5 cm³/mol. The van der Waals surface area contributed by atoms with Gasteiger partial charge in [0.05, 0.1) is 0 Å². The number of rotatable bonds is 4. The third kappa shape index (κ3) is 3.02. The molecular formula is C18H21N3OS. The Kier molecular flexibility index (Phi) is 3.89. The third-order valence-electron chi connectivity index (χ3n) is 4.77. The molecule has 0 unspecified atom stereocenters. The zero-order chi connectivity index (χ0) is 15.8. The molecule has 0 aliphatic heterocycles. The van der Waals surface area contributed by atoms with Gasteiger partial charge in [0.2, 0.25) is 11.0 Å². The van der Waals surface area contributed by atoms with Crippen LogP contribution in [0.4, 0.5) is 5.13 Å². The fourth-order valence-corrected chi connectivity index (χ4v) is 4.17. The molecule has 2 aliphatic carbocycles. The van der Waals surface area contributed by atoms with Crippen molar-refractivity contribution in [3.8, 4) is 10.6 Å². The van der Waals surface area contributed by atoms with Crippen molar-refractivity contribution in [2.45, 2.75) is 51.5 Å². The molecule has 4 nitrogen and oxygen atoms in total. The fourth-order valence-electron chi connectivity index (χ4n) is 3.25. The summed E-state index contributed by atoms with van der Waals surface area (Å²) in [7, 11) is 0. The highest BCUT2D eigenvalue weighted by molar-refractivity contribution is 7.18. The Balaban J connectivity index is 1.63. The Bertz CT molecular complexity index is 699. The van der Waals surface area contributed by atoms with Crippen molar-refractivity contribution in [2.75, 3.05) is 4.90 Å². The average molecular weight is 327 g/mol. The van der Waals surface area contributed by atoms with Crippen LogP contribution in [0.1, 0.15) is 44.1 Å². The molecule has 0 radical (unpaired) electrons. The van der Waals surface area contributed by atoms with E-state index in [9.17, 15) is 4.79 Å². The molecule has 5 heteroatoms. The number of aryl methyl sites for hydroxylation is 1. The second-order valence-corrected chi connectivity index (χ2v) is 7.63. The van der Waals surface area contributed by atoms with Gasteiger partial charge in [-0.2, -0.15) is 0 Å². The van der Waals surface area contributed by atoms with E-state index in [1.54, 1.807) is 11.3 Å². The molecule has 1 aromatic carbocycles. The minimum absolute atomic E-state index is 0.224. The molecule has 0 bridgehead atoms. The van der Waals surface area contributed by atoms with E-state index in [0.29, 0.717) is 6.04 Å². The molecule has 23 heavy (non-hydrogen) atoms. The number of anilines is 1. The zero-order valence-corrected chi connectivity index (χ0v) is 14.2. The van der Waals surface area contributed by atoms with E-state index in [2.05, 4.69) is 41.4 Å². The Morgan fingerprint density at radius 1 is 1.09 bits per heavy atom. The topological polar surface area (TPSA) is 46.1 Å². The predicted octanol–water partition coefficient (Wildman–Crippen LogP) is 4.20. The Morgan fingerprint density at radius 2 is 1.78 bits per heavy atom. The maximum atomic E-state index is 12.7. The molecular weight excluding hydrogens is 306 g/mol. The van der Waals surface area contributed by atoms with Gasteiger partial charge in [-0.3, -0.25) is 9.69 Å². The van der Waals surface area contributed by atoms with Gasteiger partial charge in [-0.25, -0.2) is 0 Å². The minimum Gasteiger partial charge on any atom is -0.283 e. The first kappa shape index (κ1) is 14.8. The minimum atomic E-state index is 0.224. The van der Waals surface area contributed by atoms with Crippen molar-refractivity contribution < 1.29 is 4.79 Å². The van der Waals surface area contributed by atoms with E-state index >= 15 is 0 Å². The molecule has 2 aromatic rings. The summed E-state index contributed by atoms with van der Waals surface area (Å²) in [6, 6.07) is 8.63. The van der Waals surface area contributed by atoms with Crippen molar-refractivity contribution in [1.29, 1.82) is 0 Å². The first-order valence-corrected chi connectivity index (χ1v) is 9.27. The van der Waals surface area contributed by atoms with E-state index < -0.39 is 0 Å². The lowest BCUT2D eigenvalue weighted by Crippen LogP contribution is -2.40. The van der Waals surface area contributed by atoms with Crippen molar-refractivity contribution in [3.63, 3.8) is 0 Å². The average Bonchev–Trinajstić information content (AvgIpc) is 3.07. The van der Waals surface area contributed by atoms with Crippen molar-refractivity contribution in [1.82, 2.24) is 10.2 Å². The molecule has 1 aromatic heterocycles. The van der Waals surface area contributed by atoms with Crippen LogP contribution in [0.15, 0.2) is 24.3 Å². The number of nitrogens with zero attached hydrogens (tertiary/aromatic N) is 3. The molecule has 120 valence electrons. The molecule has 0 spiro atoms. The van der Waals surface area contributed by atoms with E-state index in [1.165, 1.54) is 18.4 Å². The second-order valence-electron chi connectivity index (χ2n) is 6.68. The highest BCUT2D eigenvalue weighted by atomic mass is 32.1. The molecule has 0 saturated heterocycles. The number of aromatic nitrogens is 2. The lowest BCUT2D eigenvalue weighted by molar-refractivity contribution is -0.120. The summed E-state index contributed by atoms with van der Waals surface area (Å²) in [6.07, 6.45) is 6.68. The first-order valence-electron chi connectivity index (χ1n) is 8.46. The summed E-state index contributed by atoms with van der Waals surface area (Å²) in [5, 5.41) is 10.4. The number of amides is 1. The normalized spacial score (nSPS) is 18.3. The van der Waals surface area contributed by atoms with Crippen LogP contribution in [0.2, 0.25) is 0 Å². The molecule has 1 amide bonds. The first-order chi connectivity index (χ1) is 11.2. The molecule has 0 N–H and O–H groups in total. The van der Waals surface area contributed by atoms with Crippen LogP contribution in [0.5, 0.6) is 0 Å². The fraction of sp³-hybridized carbons (Fsp3) is 0.500. The molecule has 0 atom stereocenters. The molecule has 1 heterocycles. The van der Waals surface area contributed by atoms with Crippen molar-refractivity contribution in [2.24, 2.45) is 5.92 Å². The number of carbonyl (C=O) groups excluding carboxylic acids is 1. The monoisotopic (exact) mass is 327 g/mol. The number of hydrogen-bond acceptors (Lipinski definition) is 4. The summed E-state index contributed by atoms with van der Waals surface area (Å²) in [5.74, 6) is 0.492. The maximum absolute atomic E-state index is 12.7. The number of carbonyl (C=O) groups is 1. The lowest BCUT2D eigenvalue weighted by atomic mass is 10.2. The smallest absolute Gasteiger partial charge is 0.232 e. The summed E-state index contributed by atoms with van der Waals surface area (Å²) in [5.41, 5.74) is 2.31. The van der Waals surface area contributed by atoms with Gasteiger partial charge in [0.1, 0.15) is 5.01 Å². The van der Waals surface area contributed by atoms with Crippen molar-refractivity contribution >= 4 is 22.4 Å². The molecule has 4 rings (SSSR count). The Morgan fingerprint density at radius 3 is 2.43 bits per heavy atom. The summed E-state index contributed by atoms with van der Waals surface area (Å²) in [6.45, 7) is 2.07. The van der Waals surface area contributed by atoms with Crippen LogP contribution in [0.3, 0.4) is 0 Å². The third-order valence-corrected chi connectivity index (χ3v) is 5.74. The largest absolute Gasteiger partial charge is 0.283 e. The van der Waals surface area contributed by atoms with Crippen LogP contribution in [-0.4, -0.2) is 22.1 Å². The highest BCUT2D eigenvalue weighted by Crippen LogP contribution is 2.39. The lowest BCUT2D eigenvalue weighted by Gasteiger charge is -2.26. The van der Waals surface area contributed by atoms with Crippen LogP contribution < -0.4 is 4.90 Å². The van der Waals surface area contributed by atoms with E-state index in [4.69, 9.17) is 0 Å². The van der Waals surface area contributed by atoms with Crippen LogP contribution in [0, 0.1) is 12.8 Å². The highest BCUT2D eigenvalue weighted by Gasteiger charge is 2.39. The molecule has 2 fully saturated rings. The number of hydrogen-bond donors (Lipinski definition) is 0. The summed E-state index contributed by atoms with van der Waals surface area (Å²) in [4.78, 5) is 14.7. The summed E-state index contributed by atoms with van der Waals surface area (Å²) >= 11 is 1.54. The maximum Gasteiger partial charge on any atom is 0.232 e. The van der Waals surface area contributed by atoms with E-state index in [0.717, 1.165) is 41.4 Å². The van der Waals surface area contributed by atoms with Gasteiger partial charge in [0, 0.05) is 17.5 Å². The standard InChI is InChI=1S/C18H21N3OS/c1-12-6-8-13(9-7-12)16-19-20-18(23-16)21(15-4-2-3-5-15)17(22)14-10-11-14/h6-9,14-15H,2-5,10-11H2,1H3. The van der Waals surface area contributed by atoms with Crippen LogP contribution in [0.25, 0.3) is 10.6 Å². The van der Waals surface area contributed by atoms with Gasteiger partial charge < -0.3 is 0 Å². The second kappa shape index (κ2) is 6.04. The quantitative estimate of drug-likeness (QED) is 0.845. The van der Waals surface area contributed by atoms with Crippen LogP contribution >= 0.6 is 11.3 Å². The van der Waals surface area contributed by atoms with Gasteiger partial charge in [0.15, 0.2) is 0 Å². The van der Waals surface area contributed by atoms with E-state index in [1.807, 2.05) is 4.90 Å². The Hall–Kier alpha value is -1.75. The van der Waals surface area contributed by atoms with Gasteiger partial charge in [-0.15, -0.1) is 10.2 Å². The molecule has 2 aliphatic rings. The summed E-state index contributed by atoms with van der Waals surface area (Å²) < 4.78 is 0. The Labute approximate surface area is 140 Å². The van der Waals surface area contributed by atoms with Crippen LogP contribution in [-0.2, 0) is 4.79 Å². The van der Waals surface area contributed by atoms with Gasteiger partial charge >= 0.3 is 0 Å². The number of benzene rings is 1.